The van der Waals surface area contributed by atoms with Crippen LogP contribution >= 0.6 is 0 Å². The molecule has 2 aromatic carbocycles. The summed E-state index contributed by atoms with van der Waals surface area (Å²) in [5.41, 5.74) is 0.864. The number of fused-ring (bicyclic) bond motifs is 1. The van der Waals surface area contributed by atoms with Gasteiger partial charge >= 0.3 is 112 Å². The van der Waals surface area contributed by atoms with Gasteiger partial charge in [-0.2, -0.15) is 0 Å². The van der Waals surface area contributed by atoms with Crippen LogP contribution in [0.1, 0.15) is 10.4 Å². The van der Waals surface area contributed by atoms with E-state index >= 15 is 0 Å². The van der Waals surface area contributed by atoms with E-state index in [1.807, 2.05) is 0 Å². The van der Waals surface area contributed by atoms with Crippen LogP contribution in [0.3, 0.4) is 0 Å². The van der Waals surface area contributed by atoms with Gasteiger partial charge in [0, 0.05) is 0 Å². The van der Waals surface area contributed by atoms with E-state index in [-0.39, 0.29) is 5.91 Å². The van der Waals surface area contributed by atoms with E-state index in [0.29, 0.717) is 15.7 Å². The fraction of sp³-hybridized carbons (Fsp3) is 0. The Balaban J connectivity index is 2.20. The van der Waals surface area contributed by atoms with Crippen molar-refractivity contribution in [3.05, 3.63) is 60.2 Å². The summed E-state index contributed by atoms with van der Waals surface area (Å²) in [7, 11) is 0. The molecule has 6 heteroatoms. The minimum absolute atomic E-state index is 0.363. The second-order valence-corrected chi connectivity index (χ2v) is 8.09. The van der Waals surface area contributed by atoms with Crippen molar-refractivity contribution in [2.75, 3.05) is 3.92 Å². The standard InChI is InChI=1S/C13H11NO4Se/c15-13-11-8-4-5-9-12(11)19(17,18-16)14(13)10-6-2-1-3-7-10/h1-9,16-17H. The van der Waals surface area contributed by atoms with E-state index < -0.39 is 13.7 Å². The van der Waals surface area contributed by atoms with Crippen LogP contribution in [0, 0.1) is 0 Å². The van der Waals surface area contributed by atoms with Crippen LogP contribution in [-0.4, -0.2) is 29.1 Å². The van der Waals surface area contributed by atoms with Gasteiger partial charge in [0.15, 0.2) is 0 Å². The van der Waals surface area contributed by atoms with Crippen LogP contribution in [0.2, 0.25) is 0 Å². The zero-order valence-corrected chi connectivity index (χ0v) is 11.5. The minimum atomic E-state index is -4.08. The Bertz CT molecular complexity index is 634. The van der Waals surface area contributed by atoms with Crippen LogP contribution in [-0.2, 0) is 3.97 Å². The molecule has 19 heavy (non-hydrogen) atoms. The molecule has 98 valence electrons. The normalized spacial score (nSPS) is 24.9. The molecule has 1 heterocycles. The van der Waals surface area contributed by atoms with E-state index in [9.17, 15) is 8.98 Å². The molecule has 1 aliphatic heterocycles. The van der Waals surface area contributed by atoms with Gasteiger partial charge in [-0.25, -0.2) is 0 Å². The topological polar surface area (TPSA) is 70.0 Å². The molecule has 3 rings (SSSR count). The SMILES string of the molecule is O=C1c2ccccc2[Se](O)(OO)N1c1ccccc1. The van der Waals surface area contributed by atoms with Gasteiger partial charge in [-0.05, 0) is 0 Å². The van der Waals surface area contributed by atoms with Crippen molar-refractivity contribution in [2.45, 2.75) is 0 Å². The Morgan fingerprint density at radius 3 is 2.32 bits per heavy atom. The number of anilines is 1. The van der Waals surface area contributed by atoms with Crippen LogP contribution in [0.5, 0.6) is 0 Å². The molecule has 0 aliphatic carbocycles. The third kappa shape index (κ3) is 1.70. The quantitative estimate of drug-likeness (QED) is 0.491. The van der Waals surface area contributed by atoms with Gasteiger partial charge in [0.1, 0.15) is 0 Å². The third-order valence-corrected chi connectivity index (χ3v) is 7.14. The van der Waals surface area contributed by atoms with Crippen LogP contribution < -0.4 is 8.38 Å². The van der Waals surface area contributed by atoms with E-state index in [2.05, 4.69) is 3.97 Å². The van der Waals surface area contributed by atoms with Crippen molar-refractivity contribution in [1.82, 2.24) is 0 Å². The first kappa shape index (κ1) is 12.3. The van der Waals surface area contributed by atoms with E-state index in [1.165, 1.54) is 3.92 Å². The van der Waals surface area contributed by atoms with E-state index in [1.54, 1.807) is 54.6 Å². The zero-order valence-electron chi connectivity index (χ0n) is 9.76. The third-order valence-electron chi connectivity index (χ3n) is 2.93. The Hall–Kier alpha value is -1.69. The van der Waals surface area contributed by atoms with Crippen LogP contribution in [0.25, 0.3) is 0 Å². The second-order valence-electron chi connectivity index (χ2n) is 4.00. The van der Waals surface area contributed by atoms with Crippen molar-refractivity contribution >= 4 is 29.8 Å². The number of carbonyl (C=O) groups excluding carboxylic acids is 1. The molecule has 5 nitrogen and oxygen atoms in total. The van der Waals surface area contributed by atoms with Gasteiger partial charge in [0.2, 0.25) is 0 Å². The summed E-state index contributed by atoms with van der Waals surface area (Å²) in [5.74, 6) is -0.363. The number of hydrogen-bond donors (Lipinski definition) is 2. The van der Waals surface area contributed by atoms with Gasteiger partial charge in [0.25, 0.3) is 0 Å². The fourth-order valence-electron chi connectivity index (χ4n) is 2.09. The number of benzene rings is 2. The molecule has 0 aromatic heterocycles. The van der Waals surface area contributed by atoms with Crippen molar-refractivity contribution in [1.29, 1.82) is 0 Å². The number of carbonyl (C=O) groups is 1. The van der Waals surface area contributed by atoms with Gasteiger partial charge in [-0.3, -0.25) is 0 Å². The average Bonchev–Trinajstić information content (AvgIpc) is 2.70. The molecular weight excluding hydrogens is 313 g/mol. The summed E-state index contributed by atoms with van der Waals surface area (Å²) in [6, 6.07) is 15.3. The second kappa shape index (κ2) is 4.45. The molecule has 0 saturated heterocycles. The van der Waals surface area contributed by atoms with Crippen LogP contribution in [0.4, 0.5) is 5.69 Å². The molecule has 0 bridgehead atoms. The van der Waals surface area contributed by atoms with Crippen molar-refractivity contribution in [3.8, 4) is 0 Å². The van der Waals surface area contributed by atoms with Crippen molar-refractivity contribution in [2.24, 2.45) is 0 Å². The molecule has 0 saturated carbocycles. The Kier molecular flexibility index (Phi) is 2.89. The molecular formula is C13H11NO4Se. The summed E-state index contributed by atoms with van der Waals surface area (Å²) in [6.07, 6.45) is 0. The van der Waals surface area contributed by atoms with Crippen molar-refractivity contribution in [3.63, 3.8) is 0 Å². The fourth-order valence-corrected chi connectivity index (χ4v) is 5.81. The molecule has 0 radical (unpaired) electrons. The van der Waals surface area contributed by atoms with Gasteiger partial charge < -0.3 is 0 Å². The number of para-hydroxylation sites is 1. The first-order chi connectivity index (χ1) is 9.18. The number of amides is 1. The molecule has 2 aromatic rings. The Morgan fingerprint density at radius 1 is 1.00 bits per heavy atom. The molecule has 0 spiro atoms. The number of rotatable bonds is 2. The molecule has 0 fully saturated rings. The van der Waals surface area contributed by atoms with Gasteiger partial charge in [-0.1, -0.05) is 0 Å². The summed E-state index contributed by atoms with van der Waals surface area (Å²) in [5, 5.41) is 9.15. The first-order valence-corrected chi connectivity index (χ1v) is 8.65. The summed E-state index contributed by atoms with van der Waals surface area (Å²) >= 11 is -4.08. The number of nitrogens with zero attached hydrogens (tertiary/aromatic N) is 1. The molecule has 2 N–H and O–H groups in total. The molecule has 1 aliphatic rings. The van der Waals surface area contributed by atoms with Gasteiger partial charge in [-0.15, -0.1) is 0 Å². The summed E-state index contributed by atoms with van der Waals surface area (Å²) in [6.45, 7) is 0. The molecule has 1 amide bonds. The maximum atomic E-state index is 12.4. The average molecular weight is 324 g/mol. The Morgan fingerprint density at radius 2 is 1.63 bits per heavy atom. The predicted molar refractivity (Wildman–Crippen MR) is 71.0 cm³/mol. The molecule has 1 atom stereocenters. The first-order valence-electron chi connectivity index (χ1n) is 5.56. The van der Waals surface area contributed by atoms with E-state index in [0.717, 1.165) is 0 Å². The summed E-state index contributed by atoms with van der Waals surface area (Å²) in [4.78, 5) is 12.4. The van der Waals surface area contributed by atoms with Crippen LogP contribution in [0.15, 0.2) is 54.6 Å². The number of hydrogen-bond acceptors (Lipinski definition) is 4. The summed E-state index contributed by atoms with van der Waals surface area (Å²) < 4.78 is 16.5. The maximum absolute atomic E-state index is 12.4. The predicted octanol–water partition coefficient (Wildman–Crippen LogP) is 0.975. The molecule has 1 unspecified atom stereocenters. The Labute approximate surface area is 112 Å². The van der Waals surface area contributed by atoms with Gasteiger partial charge in [0.05, 0.1) is 0 Å². The monoisotopic (exact) mass is 325 g/mol. The van der Waals surface area contributed by atoms with E-state index in [4.69, 9.17) is 5.26 Å². The van der Waals surface area contributed by atoms with Crippen molar-refractivity contribution < 1.29 is 18.2 Å². The zero-order chi connectivity index (χ0) is 13.5.